The summed E-state index contributed by atoms with van der Waals surface area (Å²) in [6, 6.07) is 0.294. The summed E-state index contributed by atoms with van der Waals surface area (Å²) in [5.74, 6) is 1.28. The molecule has 1 aromatic heterocycles. The van der Waals surface area contributed by atoms with Crippen LogP contribution in [0.1, 0.15) is 53.7 Å². The summed E-state index contributed by atoms with van der Waals surface area (Å²) in [6.07, 6.45) is 11.5. The van der Waals surface area contributed by atoms with E-state index in [0.717, 1.165) is 42.6 Å². The number of aliphatic hydroxyl groups excluding tert-OH is 1. The smallest absolute Gasteiger partial charge is 0.191 e. The lowest BCUT2D eigenvalue weighted by Crippen LogP contribution is -2.59. The number of pyridine rings is 1. The quantitative estimate of drug-likeness (QED) is 0.732. The highest BCUT2D eigenvalue weighted by Crippen LogP contribution is 2.56. The highest BCUT2D eigenvalue weighted by molar-refractivity contribution is 6.03. The minimum Gasteiger partial charge on any atom is -0.390 e. The van der Waals surface area contributed by atoms with Crippen molar-refractivity contribution in [3.05, 3.63) is 29.1 Å². The summed E-state index contributed by atoms with van der Waals surface area (Å²) in [7, 11) is 0. The van der Waals surface area contributed by atoms with Crippen molar-refractivity contribution in [1.29, 1.82) is 0 Å². The minimum absolute atomic E-state index is 0.291. The molecule has 0 radical (unpaired) electrons. The van der Waals surface area contributed by atoms with E-state index in [4.69, 9.17) is 0 Å². The Kier molecular flexibility index (Phi) is 3.35. The first-order valence-electron chi connectivity index (χ1n) is 9.38. The summed E-state index contributed by atoms with van der Waals surface area (Å²) in [5.41, 5.74) is 2.84. The zero-order valence-corrected chi connectivity index (χ0v) is 14.2. The van der Waals surface area contributed by atoms with Crippen LogP contribution in [0.4, 0.5) is 5.69 Å². The van der Waals surface area contributed by atoms with E-state index in [1.807, 2.05) is 6.08 Å². The van der Waals surface area contributed by atoms with Crippen molar-refractivity contribution in [3.8, 4) is 0 Å². The van der Waals surface area contributed by atoms with E-state index in [2.05, 4.69) is 16.4 Å². The molecule has 4 saturated carbocycles. The van der Waals surface area contributed by atoms with E-state index in [1.54, 1.807) is 6.20 Å². The molecule has 1 heterocycles. The van der Waals surface area contributed by atoms with Crippen molar-refractivity contribution < 1.29 is 15.0 Å². The molecule has 5 aliphatic carbocycles. The monoisotopic (exact) mass is 340 g/mol. The summed E-state index contributed by atoms with van der Waals surface area (Å²) in [6.45, 7) is -0.502. The Balaban J connectivity index is 1.51. The topological polar surface area (TPSA) is 82.5 Å². The lowest BCUT2D eigenvalue weighted by molar-refractivity contribution is -0.129. The Morgan fingerprint density at radius 3 is 2.72 bits per heavy atom. The number of hydrogen-bond donors (Lipinski definition) is 3. The number of anilines is 1. The van der Waals surface area contributed by atoms with Crippen molar-refractivity contribution in [1.82, 2.24) is 4.98 Å². The van der Waals surface area contributed by atoms with Gasteiger partial charge in [0.15, 0.2) is 5.78 Å². The van der Waals surface area contributed by atoms with Crippen molar-refractivity contribution in [2.75, 3.05) is 11.9 Å². The molecule has 132 valence electrons. The largest absolute Gasteiger partial charge is 0.390 e. The first-order valence-corrected chi connectivity index (χ1v) is 9.38. The predicted molar refractivity (Wildman–Crippen MR) is 94.3 cm³/mol. The number of carbonyl (C=O) groups is 1. The van der Waals surface area contributed by atoms with Gasteiger partial charge in [0.05, 0.1) is 22.5 Å². The van der Waals surface area contributed by atoms with Gasteiger partial charge in [0.2, 0.25) is 0 Å². The molecular weight excluding hydrogens is 316 g/mol. The maximum absolute atomic E-state index is 12.2. The van der Waals surface area contributed by atoms with Crippen LogP contribution in [0.15, 0.2) is 12.3 Å². The fraction of sp³-hybridized carbons (Fsp3) is 0.600. The predicted octanol–water partition coefficient (Wildman–Crippen LogP) is 2.18. The Morgan fingerprint density at radius 1 is 1.28 bits per heavy atom. The van der Waals surface area contributed by atoms with Gasteiger partial charge in [-0.25, -0.2) is 0 Å². The second-order valence-corrected chi connectivity index (χ2v) is 8.46. The van der Waals surface area contributed by atoms with Crippen LogP contribution in [0.5, 0.6) is 0 Å². The number of Topliss-reactive ketones (excluding diaryl/α,β-unsaturated/α-hetero) is 1. The van der Waals surface area contributed by atoms with Crippen LogP contribution in [-0.4, -0.2) is 39.2 Å². The minimum atomic E-state index is -0.502. The van der Waals surface area contributed by atoms with Gasteiger partial charge >= 0.3 is 0 Å². The average molecular weight is 340 g/mol. The summed E-state index contributed by atoms with van der Waals surface area (Å²) < 4.78 is 0. The molecule has 3 unspecified atom stereocenters. The van der Waals surface area contributed by atoms with Gasteiger partial charge < -0.3 is 15.5 Å². The van der Waals surface area contributed by atoms with Crippen molar-refractivity contribution in [2.24, 2.45) is 17.8 Å². The molecule has 3 N–H and O–H groups in total. The standard InChI is InChI=1S/C20H24N2O3/c23-10-17(24)15-9-21-16-3-1-2-14(16)19(15)22-18-12-4-11-5-13(18)8-20(25,6-11)7-12/h1-2,9,11-13,18,23,25H,3-8,10H2,(H,21,22)/t11?,12-,13+,18?,20?. The second kappa shape index (κ2) is 5.39. The van der Waals surface area contributed by atoms with Gasteiger partial charge in [-0.15, -0.1) is 0 Å². The van der Waals surface area contributed by atoms with Gasteiger partial charge in [-0.2, -0.15) is 0 Å². The molecule has 5 heteroatoms. The number of fused-ring (bicyclic) bond motifs is 1. The number of allylic oxidation sites excluding steroid dienone is 1. The second-order valence-electron chi connectivity index (χ2n) is 8.46. The number of hydrogen-bond acceptors (Lipinski definition) is 5. The number of nitrogens with one attached hydrogen (secondary N) is 1. The highest BCUT2D eigenvalue weighted by atomic mass is 16.3. The van der Waals surface area contributed by atoms with Crippen LogP contribution in [0.2, 0.25) is 0 Å². The molecule has 4 fully saturated rings. The maximum atomic E-state index is 12.2. The van der Waals surface area contributed by atoms with E-state index < -0.39 is 12.2 Å². The zero-order chi connectivity index (χ0) is 17.2. The van der Waals surface area contributed by atoms with Crippen LogP contribution in [0.25, 0.3) is 6.08 Å². The van der Waals surface area contributed by atoms with Crippen molar-refractivity contribution in [3.63, 3.8) is 0 Å². The molecule has 0 saturated heterocycles. The summed E-state index contributed by atoms with van der Waals surface area (Å²) >= 11 is 0. The fourth-order valence-corrected chi connectivity index (χ4v) is 6.03. The van der Waals surface area contributed by atoms with E-state index in [9.17, 15) is 15.0 Å². The molecule has 0 aliphatic heterocycles. The van der Waals surface area contributed by atoms with Crippen LogP contribution >= 0.6 is 0 Å². The Labute approximate surface area is 147 Å². The fourth-order valence-electron chi connectivity index (χ4n) is 6.03. The van der Waals surface area contributed by atoms with Gasteiger partial charge in [-0.05, 0) is 49.9 Å². The molecule has 5 atom stereocenters. The number of nitrogens with zero attached hydrogens (tertiary/aromatic N) is 1. The van der Waals surface area contributed by atoms with Gasteiger partial charge in [-0.1, -0.05) is 12.2 Å². The number of ketones is 1. The molecule has 25 heavy (non-hydrogen) atoms. The number of rotatable bonds is 4. The number of carbonyl (C=O) groups excluding carboxylic acids is 1. The van der Waals surface area contributed by atoms with Crippen LogP contribution < -0.4 is 5.32 Å². The van der Waals surface area contributed by atoms with Crippen molar-refractivity contribution >= 4 is 17.5 Å². The first-order chi connectivity index (χ1) is 12.1. The first kappa shape index (κ1) is 15.5. The molecule has 0 spiro atoms. The van der Waals surface area contributed by atoms with Crippen molar-refractivity contribution in [2.45, 2.75) is 50.2 Å². The molecule has 0 amide bonds. The number of aromatic nitrogens is 1. The molecule has 6 rings (SSSR count). The zero-order valence-electron chi connectivity index (χ0n) is 14.2. The van der Waals surface area contributed by atoms with Gasteiger partial charge in [0.25, 0.3) is 0 Å². The molecule has 5 nitrogen and oxygen atoms in total. The molecular formula is C20H24N2O3. The Hall–Kier alpha value is -1.72. The molecule has 5 aliphatic rings. The summed E-state index contributed by atoms with van der Waals surface area (Å²) in [5, 5.41) is 23.8. The van der Waals surface area contributed by atoms with Gasteiger partial charge in [-0.3, -0.25) is 9.78 Å². The van der Waals surface area contributed by atoms with Gasteiger partial charge in [0.1, 0.15) is 6.61 Å². The average Bonchev–Trinajstić information content (AvgIpc) is 3.04. The SMILES string of the molecule is O=C(CO)c1cnc2c(c1NC1[C@@H]3CC4C[C@H]1CC(O)(C4)C3)C=CC2. The Bertz CT molecular complexity index is 756. The lowest BCUT2D eigenvalue weighted by atomic mass is 9.52. The molecule has 1 aromatic rings. The third kappa shape index (κ3) is 2.36. The third-order valence-electron chi connectivity index (χ3n) is 6.79. The third-order valence-corrected chi connectivity index (χ3v) is 6.79. The normalized spacial score (nSPS) is 37.4. The van der Waals surface area contributed by atoms with Crippen LogP contribution in [-0.2, 0) is 6.42 Å². The molecule has 0 aromatic carbocycles. The van der Waals surface area contributed by atoms with E-state index in [-0.39, 0.29) is 5.78 Å². The molecule has 4 bridgehead atoms. The Morgan fingerprint density at radius 2 is 2.04 bits per heavy atom. The van der Waals surface area contributed by atoms with E-state index >= 15 is 0 Å². The van der Waals surface area contributed by atoms with Crippen LogP contribution in [0, 0.1) is 17.8 Å². The lowest BCUT2D eigenvalue weighted by Gasteiger charge is -2.58. The van der Waals surface area contributed by atoms with Gasteiger partial charge in [0, 0.05) is 24.2 Å². The van der Waals surface area contributed by atoms with E-state index in [1.165, 1.54) is 12.8 Å². The highest BCUT2D eigenvalue weighted by Gasteiger charge is 2.54. The maximum Gasteiger partial charge on any atom is 0.191 e. The summed E-state index contributed by atoms with van der Waals surface area (Å²) in [4.78, 5) is 16.6. The van der Waals surface area contributed by atoms with E-state index in [0.29, 0.717) is 29.4 Å². The number of aliphatic hydroxyl groups is 2. The van der Waals surface area contributed by atoms with Crippen LogP contribution in [0.3, 0.4) is 0 Å².